The molecule has 1 fully saturated rings. The van der Waals surface area contributed by atoms with Gasteiger partial charge in [-0.1, -0.05) is 60.7 Å². The maximum Gasteiger partial charge on any atom is 0.373 e. The second-order valence-corrected chi connectivity index (χ2v) is 7.42. The molecule has 0 radical (unpaired) electrons. The van der Waals surface area contributed by atoms with Crippen LogP contribution < -0.4 is 0 Å². The first-order valence-corrected chi connectivity index (χ1v) is 9.87. The van der Waals surface area contributed by atoms with Crippen LogP contribution in [0.4, 0.5) is 0 Å². The number of hydrogen-bond acceptors (Lipinski definition) is 5. The van der Waals surface area contributed by atoms with Gasteiger partial charge in [-0.05, 0) is 30.0 Å². The standard InChI is InChI=1S/C24H24O5/c1-3-28-22(25)20-14-19-21(17-12-8-5-9-13-17)18(16-10-6-4-7-11-16)15-24(19,29-20)23(26)27-2/h4-14,18-19,21H,3,15H2,1-2H3/t18-,19?,21-,24-/m1/s1. The fourth-order valence-corrected chi connectivity index (χ4v) is 4.76. The highest BCUT2D eigenvalue weighted by Crippen LogP contribution is 2.60. The summed E-state index contributed by atoms with van der Waals surface area (Å²) in [5.74, 6) is -1.24. The number of hydrogen-bond donors (Lipinski definition) is 0. The summed E-state index contributed by atoms with van der Waals surface area (Å²) in [6, 6.07) is 20.2. The van der Waals surface area contributed by atoms with Crippen LogP contribution in [0.3, 0.4) is 0 Å². The van der Waals surface area contributed by atoms with Crippen molar-refractivity contribution >= 4 is 11.9 Å². The van der Waals surface area contributed by atoms with Crippen molar-refractivity contribution in [3.63, 3.8) is 0 Å². The Hall–Kier alpha value is -3.08. The summed E-state index contributed by atoms with van der Waals surface area (Å²) in [5, 5.41) is 0. The van der Waals surface area contributed by atoms with Crippen LogP contribution in [0.1, 0.15) is 36.3 Å². The van der Waals surface area contributed by atoms with Crippen LogP contribution in [-0.2, 0) is 23.8 Å². The van der Waals surface area contributed by atoms with E-state index in [9.17, 15) is 9.59 Å². The molecule has 150 valence electrons. The minimum Gasteiger partial charge on any atom is -0.468 e. The van der Waals surface area contributed by atoms with E-state index in [4.69, 9.17) is 14.2 Å². The van der Waals surface area contributed by atoms with E-state index in [-0.39, 0.29) is 30.1 Å². The lowest BCUT2D eigenvalue weighted by Crippen LogP contribution is -2.43. The van der Waals surface area contributed by atoms with Gasteiger partial charge < -0.3 is 14.2 Å². The maximum atomic E-state index is 13.0. The third-order valence-electron chi connectivity index (χ3n) is 5.92. The quantitative estimate of drug-likeness (QED) is 0.721. The summed E-state index contributed by atoms with van der Waals surface area (Å²) >= 11 is 0. The average molecular weight is 392 g/mol. The Kier molecular flexibility index (Phi) is 5.14. The van der Waals surface area contributed by atoms with Gasteiger partial charge >= 0.3 is 11.9 Å². The second kappa shape index (κ2) is 7.74. The number of benzene rings is 2. The van der Waals surface area contributed by atoms with E-state index in [1.165, 1.54) is 7.11 Å². The van der Waals surface area contributed by atoms with Gasteiger partial charge in [0.25, 0.3) is 0 Å². The second-order valence-electron chi connectivity index (χ2n) is 7.42. The molecule has 1 heterocycles. The Morgan fingerprint density at radius 1 is 1.03 bits per heavy atom. The van der Waals surface area contributed by atoms with E-state index in [0.29, 0.717) is 6.42 Å². The number of rotatable bonds is 5. The van der Waals surface area contributed by atoms with Gasteiger partial charge in [-0.2, -0.15) is 0 Å². The summed E-state index contributed by atoms with van der Waals surface area (Å²) in [6.07, 6.45) is 2.18. The van der Waals surface area contributed by atoms with Gasteiger partial charge in [-0.15, -0.1) is 0 Å². The topological polar surface area (TPSA) is 61.8 Å². The van der Waals surface area contributed by atoms with Gasteiger partial charge in [-0.25, -0.2) is 9.59 Å². The zero-order chi connectivity index (χ0) is 20.4. The molecule has 1 unspecified atom stereocenters. The van der Waals surface area contributed by atoms with Crippen LogP contribution in [-0.4, -0.2) is 31.3 Å². The van der Waals surface area contributed by atoms with E-state index in [1.54, 1.807) is 13.0 Å². The number of esters is 2. The summed E-state index contributed by atoms with van der Waals surface area (Å²) < 4.78 is 16.3. The van der Waals surface area contributed by atoms with E-state index in [2.05, 4.69) is 24.3 Å². The first-order valence-electron chi connectivity index (χ1n) is 9.87. The number of ether oxygens (including phenoxy) is 3. The van der Waals surface area contributed by atoms with Crippen molar-refractivity contribution in [2.45, 2.75) is 30.8 Å². The van der Waals surface area contributed by atoms with Gasteiger partial charge in [0.1, 0.15) is 0 Å². The van der Waals surface area contributed by atoms with Crippen molar-refractivity contribution in [2.75, 3.05) is 13.7 Å². The first-order chi connectivity index (χ1) is 14.1. The molecule has 0 N–H and O–H groups in total. The van der Waals surface area contributed by atoms with Crippen LogP contribution in [0, 0.1) is 5.92 Å². The van der Waals surface area contributed by atoms with E-state index < -0.39 is 17.5 Å². The van der Waals surface area contributed by atoms with Crippen LogP contribution in [0.15, 0.2) is 72.5 Å². The minimum atomic E-state index is -1.24. The Balaban J connectivity index is 1.84. The van der Waals surface area contributed by atoms with E-state index in [0.717, 1.165) is 11.1 Å². The normalized spacial score (nSPS) is 27.5. The molecule has 2 aromatic carbocycles. The molecule has 0 spiro atoms. The number of fused-ring (bicyclic) bond motifs is 1. The molecule has 0 bridgehead atoms. The van der Waals surface area contributed by atoms with E-state index >= 15 is 0 Å². The van der Waals surface area contributed by atoms with Crippen LogP contribution >= 0.6 is 0 Å². The molecule has 2 aliphatic rings. The molecule has 1 aliphatic heterocycles. The lowest BCUT2D eigenvalue weighted by Gasteiger charge is -2.27. The van der Waals surface area contributed by atoms with Crippen molar-refractivity contribution < 1.29 is 23.8 Å². The summed E-state index contributed by atoms with van der Waals surface area (Å²) in [6.45, 7) is 1.98. The SMILES string of the molecule is CCOC(=O)C1=CC2[C@H](c3ccccc3)[C@@H](c3ccccc3)C[C@@]2(C(=O)OC)O1. The van der Waals surface area contributed by atoms with Crippen molar-refractivity contribution in [1.82, 2.24) is 0 Å². The summed E-state index contributed by atoms with van der Waals surface area (Å²) in [7, 11) is 1.35. The molecule has 0 amide bonds. The molecule has 0 saturated heterocycles. The molecule has 1 saturated carbocycles. The van der Waals surface area contributed by atoms with Crippen molar-refractivity contribution in [1.29, 1.82) is 0 Å². The smallest absolute Gasteiger partial charge is 0.373 e. The highest BCUT2D eigenvalue weighted by Gasteiger charge is 2.64. The van der Waals surface area contributed by atoms with Gasteiger partial charge in [-0.3, -0.25) is 0 Å². The fourth-order valence-electron chi connectivity index (χ4n) is 4.76. The molecule has 5 heteroatoms. The zero-order valence-corrected chi connectivity index (χ0v) is 16.5. The number of methoxy groups -OCH3 is 1. The molecule has 0 aromatic heterocycles. The maximum absolute atomic E-state index is 13.0. The lowest BCUT2D eigenvalue weighted by molar-refractivity contribution is -0.167. The molecule has 4 rings (SSSR count). The van der Waals surface area contributed by atoms with Crippen molar-refractivity contribution in [3.8, 4) is 0 Å². The van der Waals surface area contributed by atoms with Crippen LogP contribution in [0.2, 0.25) is 0 Å². The third-order valence-corrected chi connectivity index (χ3v) is 5.92. The molecule has 4 atom stereocenters. The molecule has 2 aromatic rings. The summed E-state index contributed by atoms with van der Waals surface area (Å²) in [5.41, 5.74) is 0.994. The fraction of sp³-hybridized carbons (Fsp3) is 0.333. The van der Waals surface area contributed by atoms with Gasteiger partial charge in [0.15, 0.2) is 0 Å². The van der Waals surface area contributed by atoms with Crippen LogP contribution in [0.5, 0.6) is 0 Å². The zero-order valence-electron chi connectivity index (χ0n) is 16.5. The molecule has 29 heavy (non-hydrogen) atoms. The predicted molar refractivity (Wildman–Crippen MR) is 107 cm³/mol. The first kappa shape index (κ1) is 19.2. The Morgan fingerprint density at radius 3 is 2.24 bits per heavy atom. The average Bonchev–Trinajstić information content (AvgIpc) is 3.29. The number of carbonyl (C=O) groups is 2. The Morgan fingerprint density at radius 2 is 1.66 bits per heavy atom. The van der Waals surface area contributed by atoms with E-state index in [1.807, 2.05) is 36.4 Å². The predicted octanol–water partition coefficient (Wildman–Crippen LogP) is 3.96. The third kappa shape index (κ3) is 3.20. The Bertz CT molecular complexity index is 921. The largest absolute Gasteiger partial charge is 0.468 e. The molecule has 5 nitrogen and oxygen atoms in total. The molecular formula is C24H24O5. The summed E-state index contributed by atoms with van der Waals surface area (Å²) in [4.78, 5) is 25.3. The highest BCUT2D eigenvalue weighted by atomic mass is 16.6. The monoisotopic (exact) mass is 392 g/mol. The van der Waals surface area contributed by atoms with Gasteiger partial charge in [0, 0.05) is 18.3 Å². The Labute approximate surface area is 170 Å². The number of carbonyl (C=O) groups excluding carboxylic acids is 2. The van der Waals surface area contributed by atoms with Crippen LogP contribution in [0.25, 0.3) is 0 Å². The van der Waals surface area contributed by atoms with Gasteiger partial charge in [0.05, 0.1) is 13.7 Å². The minimum absolute atomic E-state index is 0.0374. The van der Waals surface area contributed by atoms with Crippen molar-refractivity contribution in [2.24, 2.45) is 5.92 Å². The highest BCUT2D eigenvalue weighted by molar-refractivity contribution is 5.91. The van der Waals surface area contributed by atoms with Gasteiger partial charge in [0.2, 0.25) is 11.4 Å². The molecule has 1 aliphatic carbocycles. The van der Waals surface area contributed by atoms with Crippen molar-refractivity contribution in [3.05, 3.63) is 83.6 Å². The molecular weight excluding hydrogens is 368 g/mol. The lowest BCUT2D eigenvalue weighted by atomic mass is 9.78.